The summed E-state index contributed by atoms with van der Waals surface area (Å²) in [6, 6.07) is 1.38. The topological polar surface area (TPSA) is 62.5 Å². The van der Waals surface area contributed by atoms with E-state index in [0.29, 0.717) is 0 Å². The number of hydrogen-bond acceptors (Lipinski definition) is 3. The molecule has 0 saturated heterocycles. The smallest absolute Gasteiger partial charge is 0.320 e. The Hall–Kier alpha value is -1.29. The molecule has 1 aromatic rings. The molecule has 0 saturated carbocycles. The normalized spacial score (nSPS) is 14.9. The molecule has 0 aliphatic heterocycles. The van der Waals surface area contributed by atoms with Gasteiger partial charge in [-0.3, -0.25) is 10.1 Å². The average Bonchev–Trinajstić information content (AvgIpc) is 2.53. The second-order valence-corrected chi connectivity index (χ2v) is 4.82. The maximum Gasteiger partial charge on any atom is 0.320 e. The van der Waals surface area contributed by atoms with Crippen LogP contribution in [0.15, 0.2) is 10.5 Å². The molecule has 2 N–H and O–H groups in total. The zero-order chi connectivity index (χ0) is 13.2. The zero-order valence-corrected chi connectivity index (χ0v) is 11.1. The molecule has 0 aromatic carbocycles. The molecule has 4 nitrogen and oxygen atoms in total. The fourth-order valence-corrected chi connectivity index (χ4v) is 1.99. The van der Waals surface area contributed by atoms with Crippen LogP contribution in [-0.2, 0) is 4.79 Å². The Morgan fingerprint density at radius 3 is 2.29 bits per heavy atom. The second-order valence-electron chi connectivity index (χ2n) is 4.82. The Morgan fingerprint density at radius 2 is 1.94 bits per heavy atom. The Bertz CT molecular complexity index is 395. The van der Waals surface area contributed by atoms with Crippen molar-refractivity contribution in [3.05, 3.63) is 23.2 Å². The van der Waals surface area contributed by atoms with Gasteiger partial charge < -0.3 is 9.52 Å². The summed E-state index contributed by atoms with van der Waals surface area (Å²) in [7, 11) is 0. The summed E-state index contributed by atoms with van der Waals surface area (Å²) >= 11 is 0. The lowest BCUT2D eigenvalue weighted by Gasteiger charge is -2.22. The van der Waals surface area contributed by atoms with Gasteiger partial charge in [0.25, 0.3) is 0 Å². The van der Waals surface area contributed by atoms with Gasteiger partial charge in [0, 0.05) is 11.6 Å². The van der Waals surface area contributed by atoms with E-state index in [0.717, 1.165) is 17.1 Å². The van der Waals surface area contributed by atoms with E-state index in [2.05, 4.69) is 5.32 Å². The summed E-state index contributed by atoms with van der Waals surface area (Å²) in [5.41, 5.74) is 1.02. The molecule has 96 valence electrons. The first-order chi connectivity index (χ1) is 7.82. The van der Waals surface area contributed by atoms with Gasteiger partial charge in [0.1, 0.15) is 17.6 Å². The average molecular weight is 239 g/mol. The molecule has 0 radical (unpaired) electrons. The fourth-order valence-electron chi connectivity index (χ4n) is 1.99. The van der Waals surface area contributed by atoms with Gasteiger partial charge >= 0.3 is 5.97 Å². The lowest BCUT2D eigenvalue weighted by Crippen LogP contribution is -2.42. The molecule has 2 atom stereocenters. The van der Waals surface area contributed by atoms with Crippen molar-refractivity contribution >= 4 is 5.97 Å². The van der Waals surface area contributed by atoms with Gasteiger partial charge in [0.05, 0.1) is 0 Å². The van der Waals surface area contributed by atoms with E-state index in [1.54, 1.807) is 0 Å². The third-order valence-electron chi connectivity index (χ3n) is 2.91. The minimum Gasteiger partial charge on any atom is -0.480 e. The molecule has 2 unspecified atom stereocenters. The van der Waals surface area contributed by atoms with Crippen LogP contribution >= 0.6 is 0 Å². The van der Waals surface area contributed by atoms with Crippen LogP contribution in [0.1, 0.15) is 43.9 Å². The minimum absolute atomic E-state index is 0.0315. The number of furan rings is 1. The van der Waals surface area contributed by atoms with Crippen LogP contribution in [0.4, 0.5) is 0 Å². The van der Waals surface area contributed by atoms with Gasteiger partial charge in [-0.1, -0.05) is 13.8 Å². The lowest BCUT2D eigenvalue weighted by atomic mass is 10.0. The highest BCUT2D eigenvalue weighted by Crippen LogP contribution is 2.22. The van der Waals surface area contributed by atoms with Crippen LogP contribution < -0.4 is 5.32 Å². The van der Waals surface area contributed by atoms with Crippen LogP contribution in [0.5, 0.6) is 0 Å². The number of carboxylic acids is 1. The lowest BCUT2D eigenvalue weighted by molar-refractivity contribution is -0.140. The second kappa shape index (κ2) is 5.36. The Morgan fingerprint density at radius 1 is 1.35 bits per heavy atom. The molecule has 0 spiro atoms. The predicted octanol–water partition coefficient (Wildman–Crippen LogP) is 2.66. The van der Waals surface area contributed by atoms with Crippen LogP contribution in [0.25, 0.3) is 0 Å². The standard InChI is InChI=1S/C13H21NO3/c1-7(2)12(13(15)16)14-9(4)11-6-8(3)17-10(11)5/h6-7,9,12,14H,1-5H3,(H,15,16). The predicted molar refractivity (Wildman–Crippen MR) is 66.0 cm³/mol. The van der Waals surface area contributed by atoms with E-state index >= 15 is 0 Å². The van der Waals surface area contributed by atoms with E-state index in [1.165, 1.54) is 0 Å². The number of aryl methyl sites for hydroxylation is 2. The number of nitrogens with one attached hydrogen (secondary N) is 1. The molecule has 0 amide bonds. The van der Waals surface area contributed by atoms with E-state index in [1.807, 2.05) is 40.7 Å². The largest absolute Gasteiger partial charge is 0.480 e. The summed E-state index contributed by atoms with van der Waals surface area (Å²) < 4.78 is 5.45. The Labute approximate surface area is 102 Å². The molecule has 0 aliphatic carbocycles. The summed E-state index contributed by atoms with van der Waals surface area (Å²) in [4.78, 5) is 11.1. The van der Waals surface area contributed by atoms with E-state index in [4.69, 9.17) is 9.52 Å². The van der Waals surface area contributed by atoms with Gasteiger partial charge in [0.2, 0.25) is 0 Å². The number of carboxylic acid groups (broad SMARTS) is 1. The highest BCUT2D eigenvalue weighted by molar-refractivity contribution is 5.73. The molecule has 1 heterocycles. The van der Waals surface area contributed by atoms with Gasteiger partial charge in [-0.2, -0.15) is 0 Å². The van der Waals surface area contributed by atoms with E-state index in [9.17, 15) is 4.79 Å². The number of carbonyl (C=O) groups is 1. The van der Waals surface area contributed by atoms with Crippen molar-refractivity contribution in [2.45, 2.75) is 46.7 Å². The molecule has 0 aliphatic rings. The molecule has 4 heteroatoms. The van der Waals surface area contributed by atoms with Crippen LogP contribution in [-0.4, -0.2) is 17.1 Å². The Kier molecular flexibility index (Phi) is 4.34. The molecule has 17 heavy (non-hydrogen) atoms. The summed E-state index contributed by atoms with van der Waals surface area (Å²) in [6.45, 7) is 9.53. The highest BCUT2D eigenvalue weighted by Gasteiger charge is 2.24. The number of hydrogen-bond donors (Lipinski definition) is 2. The van der Waals surface area contributed by atoms with Crippen LogP contribution in [0.2, 0.25) is 0 Å². The third-order valence-corrected chi connectivity index (χ3v) is 2.91. The molecular formula is C13H21NO3. The van der Waals surface area contributed by atoms with Gasteiger partial charge in [-0.05, 0) is 32.8 Å². The molecule has 0 fully saturated rings. The van der Waals surface area contributed by atoms with Crippen molar-refractivity contribution in [1.82, 2.24) is 5.32 Å². The Balaban J connectivity index is 2.80. The van der Waals surface area contributed by atoms with E-state index in [-0.39, 0.29) is 12.0 Å². The van der Waals surface area contributed by atoms with E-state index < -0.39 is 12.0 Å². The molecule has 1 aromatic heterocycles. The fraction of sp³-hybridized carbons (Fsp3) is 0.615. The van der Waals surface area contributed by atoms with Crippen molar-refractivity contribution in [2.24, 2.45) is 5.92 Å². The first kappa shape index (κ1) is 13.8. The molecular weight excluding hydrogens is 218 g/mol. The van der Waals surface area contributed by atoms with Gasteiger partial charge in [-0.15, -0.1) is 0 Å². The number of rotatable bonds is 5. The van der Waals surface area contributed by atoms with Crippen molar-refractivity contribution in [2.75, 3.05) is 0 Å². The van der Waals surface area contributed by atoms with Crippen LogP contribution in [0, 0.1) is 19.8 Å². The summed E-state index contributed by atoms with van der Waals surface area (Å²) in [5.74, 6) is 0.922. The van der Waals surface area contributed by atoms with Crippen molar-refractivity contribution in [1.29, 1.82) is 0 Å². The van der Waals surface area contributed by atoms with Crippen LogP contribution in [0.3, 0.4) is 0 Å². The maximum absolute atomic E-state index is 11.1. The monoisotopic (exact) mass is 239 g/mol. The zero-order valence-electron chi connectivity index (χ0n) is 11.1. The number of aliphatic carboxylic acids is 1. The summed E-state index contributed by atoms with van der Waals surface area (Å²) in [5, 5.41) is 12.3. The van der Waals surface area contributed by atoms with Crippen molar-refractivity contribution in [3.63, 3.8) is 0 Å². The SMILES string of the molecule is Cc1cc(C(C)NC(C(=O)O)C(C)C)c(C)o1. The van der Waals surface area contributed by atoms with Crippen molar-refractivity contribution in [3.8, 4) is 0 Å². The van der Waals surface area contributed by atoms with Gasteiger partial charge in [0.15, 0.2) is 0 Å². The quantitative estimate of drug-likeness (QED) is 0.829. The first-order valence-corrected chi connectivity index (χ1v) is 5.88. The maximum atomic E-state index is 11.1. The first-order valence-electron chi connectivity index (χ1n) is 5.88. The van der Waals surface area contributed by atoms with Gasteiger partial charge in [-0.25, -0.2) is 0 Å². The molecule has 1 rings (SSSR count). The van der Waals surface area contributed by atoms with Crippen molar-refractivity contribution < 1.29 is 14.3 Å². The summed E-state index contributed by atoms with van der Waals surface area (Å²) in [6.07, 6.45) is 0. The molecule has 0 bridgehead atoms. The minimum atomic E-state index is -0.815. The highest BCUT2D eigenvalue weighted by atomic mass is 16.4. The third kappa shape index (κ3) is 3.33.